The molecule has 17 heavy (non-hydrogen) atoms. The van der Waals surface area contributed by atoms with Gasteiger partial charge in [-0.15, -0.1) is 0 Å². The average Bonchev–Trinajstić information content (AvgIpc) is 2.15. The molecule has 0 aliphatic rings. The zero-order valence-corrected chi connectivity index (χ0v) is 11.6. The fourth-order valence-electron chi connectivity index (χ4n) is 1.86. The molecule has 1 unspecified atom stereocenters. The van der Waals surface area contributed by atoms with Crippen LogP contribution < -0.4 is 9.62 Å². The first-order chi connectivity index (χ1) is 7.83. The molecule has 0 bridgehead atoms. The summed E-state index contributed by atoms with van der Waals surface area (Å²) in [5.41, 5.74) is 2.18. The fraction of sp³-hybridized carbons (Fsp3) is 0.500. The van der Waals surface area contributed by atoms with E-state index in [9.17, 15) is 8.42 Å². The van der Waals surface area contributed by atoms with Gasteiger partial charge in [-0.05, 0) is 38.5 Å². The number of nitrogens with one attached hydrogen (secondary N) is 1. The van der Waals surface area contributed by atoms with Crippen LogP contribution in [0, 0.1) is 6.92 Å². The van der Waals surface area contributed by atoms with E-state index in [1.54, 1.807) is 0 Å². The van der Waals surface area contributed by atoms with Crippen molar-refractivity contribution in [1.82, 2.24) is 4.72 Å². The molecule has 0 aliphatic carbocycles. The summed E-state index contributed by atoms with van der Waals surface area (Å²) in [6, 6.07) is 8.02. The van der Waals surface area contributed by atoms with Gasteiger partial charge < -0.3 is 4.90 Å². The molecule has 1 aromatic carbocycles. The minimum Gasteiger partial charge on any atom is -0.356 e. The van der Waals surface area contributed by atoms with E-state index in [-0.39, 0.29) is 6.17 Å². The minimum absolute atomic E-state index is 0.253. The number of aryl methyl sites for hydroxylation is 1. The highest BCUT2D eigenvalue weighted by Crippen LogP contribution is 2.17. The predicted octanol–water partition coefficient (Wildman–Crippen LogP) is 1.72. The molecule has 0 heterocycles. The van der Waals surface area contributed by atoms with E-state index in [1.165, 1.54) is 6.26 Å². The quantitative estimate of drug-likeness (QED) is 0.816. The van der Waals surface area contributed by atoms with Gasteiger partial charge in [0.25, 0.3) is 0 Å². The summed E-state index contributed by atoms with van der Waals surface area (Å²) in [6.45, 7) is 6.61. The van der Waals surface area contributed by atoms with E-state index >= 15 is 0 Å². The molecule has 96 valence electrons. The molecule has 1 rings (SSSR count). The molecule has 5 heteroatoms. The summed E-state index contributed by atoms with van der Waals surface area (Å²) >= 11 is 0. The molecule has 0 amide bonds. The first-order valence-electron chi connectivity index (χ1n) is 5.64. The lowest BCUT2D eigenvalue weighted by atomic mass is 10.2. The van der Waals surface area contributed by atoms with Crippen molar-refractivity contribution in [2.45, 2.75) is 26.9 Å². The summed E-state index contributed by atoms with van der Waals surface area (Å²) in [5, 5.41) is 0. The number of sulfonamides is 1. The molecule has 0 aliphatic heterocycles. The third-order valence-electron chi connectivity index (χ3n) is 2.53. The van der Waals surface area contributed by atoms with Crippen molar-refractivity contribution in [2.24, 2.45) is 0 Å². The van der Waals surface area contributed by atoms with Gasteiger partial charge in [-0.3, -0.25) is 0 Å². The van der Waals surface area contributed by atoms with E-state index in [4.69, 9.17) is 0 Å². The molecule has 0 spiro atoms. The average molecular weight is 256 g/mol. The first kappa shape index (κ1) is 14.0. The molecule has 1 atom stereocenters. The third-order valence-corrected chi connectivity index (χ3v) is 3.30. The number of anilines is 1. The van der Waals surface area contributed by atoms with Gasteiger partial charge in [0.05, 0.1) is 12.4 Å². The maximum absolute atomic E-state index is 11.2. The van der Waals surface area contributed by atoms with Crippen LogP contribution in [0.4, 0.5) is 5.69 Å². The summed E-state index contributed by atoms with van der Waals surface area (Å²) in [4.78, 5) is 2.01. The zero-order valence-electron chi connectivity index (χ0n) is 10.8. The molecule has 1 N–H and O–H groups in total. The zero-order chi connectivity index (χ0) is 13.1. The Kier molecular flexibility index (Phi) is 4.54. The van der Waals surface area contributed by atoms with Crippen LogP contribution in [0.1, 0.15) is 19.4 Å². The summed E-state index contributed by atoms with van der Waals surface area (Å²) < 4.78 is 25.0. The van der Waals surface area contributed by atoms with Crippen LogP contribution in [0.3, 0.4) is 0 Å². The van der Waals surface area contributed by atoms with Crippen molar-refractivity contribution in [3.05, 3.63) is 29.8 Å². The van der Waals surface area contributed by atoms with Crippen LogP contribution in [0.2, 0.25) is 0 Å². The van der Waals surface area contributed by atoms with Crippen LogP contribution >= 0.6 is 0 Å². The second kappa shape index (κ2) is 5.51. The number of benzene rings is 1. The molecule has 1 aromatic rings. The Morgan fingerprint density at radius 3 is 2.53 bits per heavy atom. The van der Waals surface area contributed by atoms with Gasteiger partial charge in [0, 0.05) is 12.2 Å². The second-order valence-corrected chi connectivity index (χ2v) is 5.97. The fourth-order valence-corrected chi connectivity index (χ4v) is 2.61. The largest absolute Gasteiger partial charge is 0.356 e. The Balaban J connectivity index is 2.92. The lowest BCUT2D eigenvalue weighted by Crippen LogP contribution is -2.46. The Morgan fingerprint density at radius 2 is 2.06 bits per heavy atom. The van der Waals surface area contributed by atoms with Crippen molar-refractivity contribution < 1.29 is 8.42 Å². The Morgan fingerprint density at radius 1 is 1.41 bits per heavy atom. The monoisotopic (exact) mass is 256 g/mol. The van der Waals surface area contributed by atoms with E-state index in [2.05, 4.69) is 4.72 Å². The smallest absolute Gasteiger partial charge is 0.210 e. The highest BCUT2D eigenvalue weighted by atomic mass is 32.2. The van der Waals surface area contributed by atoms with Gasteiger partial charge in [0.15, 0.2) is 0 Å². The Bertz CT molecular complexity index is 471. The minimum atomic E-state index is -3.19. The normalized spacial score (nSPS) is 13.4. The number of nitrogens with zero attached hydrogens (tertiary/aromatic N) is 1. The molecule has 0 radical (unpaired) electrons. The lowest BCUT2D eigenvalue weighted by molar-refractivity contribution is 0.555. The summed E-state index contributed by atoms with van der Waals surface area (Å²) in [6.07, 6.45) is 0.921. The van der Waals surface area contributed by atoms with E-state index in [0.29, 0.717) is 0 Å². The topological polar surface area (TPSA) is 49.4 Å². The molecule has 4 nitrogen and oxygen atoms in total. The summed E-state index contributed by atoms with van der Waals surface area (Å²) in [7, 11) is -3.19. The van der Waals surface area contributed by atoms with Crippen molar-refractivity contribution in [1.29, 1.82) is 0 Å². The van der Waals surface area contributed by atoms with Crippen molar-refractivity contribution >= 4 is 15.7 Å². The van der Waals surface area contributed by atoms with Crippen LogP contribution in [-0.4, -0.2) is 27.4 Å². The molecule has 0 fully saturated rings. The van der Waals surface area contributed by atoms with E-state index < -0.39 is 10.0 Å². The number of hydrogen-bond donors (Lipinski definition) is 1. The molecular weight excluding hydrogens is 236 g/mol. The van der Waals surface area contributed by atoms with Gasteiger partial charge in [-0.1, -0.05) is 12.1 Å². The van der Waals surface area contributed by atoms with Gasteiger partial charge in [-0.25, -0.2) is 8.42 Å². The number of rotatable bonds is 5. The molecular formula is C12H20N2O2S. The van der Waals surface area contributed by atoms with Gasteiger partial charge in [0.2, 0.25) is 10.0 Å². The van der Waals surface area contributed by atoms with Crippen molar-refractivity contribution in [3.63, 3.8) is 0 Å². The Hall–Kier alpha value is -1.07. The second-order valence-electron chi connectivity index (χ2n) is 4.19. The maximum Gasteiger partial charge on any atom is 0.210 e. The van der Waals surface area contributed by atoms with Gasteiger partial charge in [-0.2, -0.15) is 4.72 Å². The summed E-state index contributed by atoms with van der Waals surface area (Å²) in [5.74, 6) is 0. The van der Waals surface area contributed by atoms with Crippen LogP contribution in [-0.2, 0) is 10.0 Å². The van der Waals surface area contributed by atoms with Gasteiger partial charge in [0.1, 0.15) is 0 Å². The molecule has 0 aromatic heterocycles. The standard InChI is InChI=1S/C12H20N2O2S/c1-5-14(11(3)13-17(4,15)16)12-8-6-7-10(2)9-12/h6-9,11,13H,5H2,1-4H3. The first-order valence-corrected chi connectivity index (χ1v) is 7.53. The Labute approximate surface area is 104 Å². The highest BCUT2D eigenvalue weighted by molar-refractivity contribution is 7.88. The van der Waals surface area contributed by atoms with Crippen molar-refractivity contribution in [3.8, 4) is 0 Å². The maximum atomic E-state index is 11.2. The van der Waals surface area contributed by atoms with Gasteiger partial charge >= 0.3 is 0 Å². The molecule has 0 saturated heterocycles. The predicted molar refractivity (Wildman–Crippen MR) is 71.6 cm³/mol. The number of hydrogen-bond acceptors (Lipinski definition) is 3. The van der Waals surface area contributed by atoms with E-state index in [0.717, 1.165) is 17.8 Å². The SMILES string of the molecule is CCN(c1cccc(C)c1)C(C)NS(C)(=O)=O. The van der Waals surface area contributed by atoms with Crippen LogP contribution in [0.5, 0.6) is 0 Å². The van der Waals surface area contributed by atoms with Crippen LogP contribution in [0.25, 0.3) is 0 Å². The van der Waals surface area contributed by atoms with Crippen LogP contribution in [0.15, 0.2) is 24.3 Å². The van der Waals surface area contributed by atoms with Crippen molar-refractivity contribution in [2.75, 3.05) is 17.7 Å². The lowest BCUT2D eigenvalue weighted by Gasteiger charge is -2.30. The highest BCUT2D eigenvalue weighted by Gasteiger charge is 2.16. The van der Waals surface area contributed by atoms with E-state index in [1.807, 2.05) is 49.9 Å². The molecule has 0 saturated carbocycles. The third kappa shape index (κ3) is 4.36.